The number of nitrogens with one attached hydrogen (secondary N) is 1. The molecule has 0 bridgehead atoms. The number of hydrogen-bond acceptors (Lipinski definition) is 5. The van der Waals surface area contributed by atoms with Crippen LogP contribution in [-0.4, -0.2) is 73.4 Å². The topological polar surface area (TPSA) is 105 Å². The molecular formula is C40H80N2O6P+. The molecule has 49 heavy (non-hydrogen) atoms. The molecule has 0 spiro atoms. The maximum atomic E-state index is 12.8. The Kier molecular flexibility index (Phi) is 32.2. The van der Waals surface area contributed by atoms with Gasteiger partial charge in [0.1, 0.15) is 13.2 Å². The van der Waals surface area contributed by atoms with E-state index in [0.29, 0.717) is 17.4 Å². The van der Waals surface area contributed by atoms with Crippen molar-refractivity contribution in [2.24, 2.45) is 0 Å². The fraction of sp³-hybridized carbons (Fsp3) is 0.875. The molecule has 0 aliphatic heterocycles. The van der Waals surface area contributed by atoms with Crippen LogP contribution in [0.1, 0.15) is 174 Å². The second-order valence-corrected chi connectivity index (χ2v) is 16.5. The van der Waals surface area contributed by atoms with Crippen LogP contribution in [0.2, 0.25) is 0 Å². The molecule has 9 heteroatoms. The van der Waals surface area contributed by atoms with Crippen LogP contribution in [-0.2, 0) is 18.4 Å². The maximum absolute atomic E-state index is 12.8. The summed E-state index contributed by atoms with van der Waals surface area (Å²) in [6.45, 7) is 4.78. The van der Waals surface area contributed by atoms with Crippen molar-refractivity contribution in [1.29, 1.82) is 0 Å². The number of quaternary nitrogens is 1. The van der Waals surface area contributed by atoms with E-state index in [-0.39, 0.29) is 19.1 Å². The van der Waals surface area contributed by atoms with Gasteiger partial charge in [-0.05, 0) is 44.9 Å². The second-order valence-electron chi connectivity index (χ2n) is 15.0. The van der Waals surface area contributed by atoms with E-state index in [0.717, 1.165) is 51.4 Å². The van der Waals surface area contributed by atoms with Gasteiger partial charge in [0.2, 0.25) is 5.91 Å². The molecule has 1 amide bonds. The summed E-state index contributed by atoms with van der Waals surface area (Å²) in [5, 5.41) is 13.8. The van der Waals surface area contributed by atoms with E-state index < -0.39 is 20.0 Å². The smallest absolute Gasteiger partial charge is 0.387 e. The third-order valence-corrected chi connectivity index (χ3v) is 9.90. The van der Waals surface area contributed by atoms with Crippen LogP contribution in [0.5, 0.6) is 0 Å². The number of nitrogens with zero attached hydrogens (tertiary/aromatic N) is 1. The molecule has 0 aromatic carbocycles. The Bertz CT molecular complexity index is 860. The van der Waals surface area contributed by atoms with E-state index in [2.05, 4.69) is 31.3 Å². The predicted molar refractivity (Wildman–Crippen MR) is 208 cm³/mol. The van der Waals surface area contributed by atoms with Gasteiger partial charge in [0.25, 0.3) is 0 Å². The lowest BCUT2D eigenvalue weighted by molar-refractivity contribution is -0.870. The van der Waals surface area contributed by atoms with Gasteiger partial charge in [0.05, 0.1) is 39.9 Å². The van der Waals surface area contributed by atoms with Gasteiger partial charge >= 0.3 is 7.82 Å². The summed E-state index contributed by atoms with van der Waals surface area (Å²) in [7, 11) is 1.57. The molecule has 1 unspecified atom stereocenters. The Hall–Kier alpha value is -1.02. The van der Waals surface area contributed by atoms with Crippen LogP contribution >= 0.6 is 7.82 Å². The van der Waals surface area contributed by atoms with Gasteiger partial charge in [-0.15, -0.1) is 0 Å². The lowest BCUT2D eigenvalue weighted by Crippen LogP contribution is -2.45. The van der Waals surface area contributed by atoms with Crippen molar-refractivity contribution in [3.63, 3.8) is 0 Å². The highest BCUT2D eigenvalue weighted by Crippen LogP contribution is 2.43. The monoisotopic (exact) mass is 716 g/mol. The van der Waals surface area contributed by atoms with Gasteiger partial charge < -0.3 is 19.8 Å². The molecule has 8 nitrogen and oxygen atoms in total. The molecule has 3 N–H and O–H groups in total. The predicted octanol–water partition coefficient (Wildman–Crippen LogP) is 10.6. The van der Waals surface area contributed by atoms with Gasteiger partial charge in [-0.3, -0.25) is 13.8 Å². The van der Waals surface area contributed by atoms with Gasteiger partial charge in [-0.25, -0.2) is 4.57 Å². The van der Waals surface area contributed by atoms with Gasteiger partial charge in [0, 0.05) is 6.42 Å². The summed E-state index contributed by atoms with van der Waals surface area (Å²) >= 11 is 0. The fourth-order valence-corrected chi connectivity index (χ4v) is 6.36. The summed E-state index contributed by atoms with van der Waals surface area (Å²) in [6.07, 6.45) is 36.6. The molecule has 290 valence electrons. The number of likely N-dealkylation sites (N-methyl/N-ethyl adjacent to an activating group) is 1. The average Bonchev–Trinajstić information content (AvgIpc) is 3.04. The largest absolute Gasteiger partial charge is 0.472 e. The van der Waals surface area contributed by atoms with E-state index in [1.165, 1.54) is 103 Å². The molecule has 3 atom stereocenters. The number of aliphatic hydroxyl groups is 1. The first-order valence-corrected chi connectivity index (χ1v) is 21.7. The normalized spacial score (nSPS) is 14.8. The summed E-state index contributed by atoms with van der Waals surface area (Å²) < 4.78 is 23.5. The summed E-state index contributed by atoms with van der Waals surface area (Å²) in [5.41, 5.74) is 0. The third kappa shape index (κ3) is 35.2. The zero-order valence-electron chi connectivity index (χ0n) is 32.7. The highest BCUT2D eigenvalue weighted by molar-refractivity contribution is 7.47. The Morgan fingerprint density at radius 1 is 0.673 bits per heavy atom. The van der Waals surface area contributed by atoms with Crippen LogP contribution in [0.4, 0.5) is 0 Å². The van der Waals surface area contributed by atoms with Crippen molar-refractivity contribution in [2.75, 3.05) is 40.9 Å². The molecular weight excluding hydrogens is 635 g/mol. The number of rotatable bonds is 36. The lowest BCUT2D eigenvalue weighted by atomic mass is 10.0. The number of carbonyl (C=O) groups excluding carboxylic acids is 1. The molecule has 0 aromatic rings. The van der Waals surface area contributed by atoms with Crippen molar-refractivity contribution in [2.45, 2.75) is 187 Å². The number of hydrogen-bond donors (Lipinski definition) is 3. The van der Waals surface area contributed by atoms with Gasteiger partial charge in [-0.1, -0.05) is 147 Å². The van der Waals surface area contributed by atoms with Crippen LogP contribution in [0.3, 0.4) is 0 Å². The van der Waals surface area contributed by atoms with Crippen LogP contribution < -0.4 is 5.32 Å². The minimum atomic E-state index is -4.33. The SMILES string of the molecule is CCCCCCC/C=C/CCCCCCCC(=O)N[C@@H](COP(=O)(O)OCC[N+](C)(C)C)[C@H](O)/C=C/CCCCCCCCCCCCC. The van der Waals surface area contributed by atoms with Crippen molar-refractivity contribution < 1.29 is 32.9 Å². The standard InChI is InChI=1S/C40H79N2O6P/c1-6-8-10-12-14-16-18-20-22-24-26-28-30-32-34-40(44)41-38(37-48-49(45,46)47-36-35-42(3,4)5)39(43)33-31-29-27-25-23-21-19-17-15-13-11-9-7-2/h18,20,31,33,38-39,43H,6-17,19,21-30,32,34-37H2,1-5H3,(H-,41,44,45,46)/p+1/b20-18+,33-31+/t38-,39+/m0/s1. The number of phosphoric acid groups is 1. The lowest BCUT2D eigenvalue weighted by Gasteiger charge is -2.25. The van der Waals surface area contributed by atoms with Crippen molar-refractivity contribution in [3.05, 3.63) is 24.3 Å². The quantitative estimate of drug-likeness (QED) is 0.0258. The minimum absolute atomic E-state index is 0.0606. The highest BCUT2D eigenvalue weighted by Gasteiger charge is 2.27. The number of unbranched alkanes of at least 4 members (excludes halogenated alkanes) is 21. The van der Waals surface area contributed by atoms with Crippen molar-refractivity contribution in [3.8, 4) is 0 Å². The number of phosphoric ester groups is 1. The Balaban J connectivity index is 4.52. The number of carbonyl (C=O) groups is 1. The fourth-order valence-electron chi connectivity index (χ4n) is 5.62. The highest BCUT2D eigenvalue weighted by atomic mass is 31.2. The average molecular weight is 716 g/mol. The summed E-state index contributed by atoms with van der Waals surface area (Å²) in [5.74, 6) is -0.188. The Morgan fingerprint density at radius 2 is 1.10 bits per heavy atom. The minimum Gasteiger partial charge on any atom is -0.387 e. The van der Waals surface area contributed by atoms with Crippen molar-refractivity contribution in [1.82, 2.24) is 5.32 Å². The van der Waals surface area contributed by atoms with E-state index in [1.54, 1.807) is 6.08 Å². The zero-order valence-corrected chi connectivity index (χ0v) is 33.6. The molecule has 0 aromatic heterocycles. The van der Waals surface area contributed by atoms with E-state index in [4.69, 9.17) is 9.05 Å². The first kappa shape index (κ1) is 48.0. The summed E-state index contributed by atoms with van der Waals surface area (Å²) in [6, 6.07) is -0.845. The second kappa shape index (κ2) is 32.9. The van der Waals surface area contributed by atoms with Crippen LogP contribution in [0.25, 0.3) is 0 Å². The zero-order chi connectivity index (χ0) is 36.5. The molecule has 0 radical (unpaired) electrons. The molecule has 0 aliphatic carbocycles. The molecule has 0 heterocycles. The van der Waals surface area contributed by atoms with Crippen molar-refractivity contribution >= 4 is 13.7 Å². The Morgan fingerprint density at radius 3 is 1.57 bits per heavy atom. The number of aliphatic hydroxyl groups excluding tert-OH is 1. The molecule has 0 fully saturated rings. The molecule has 0 rings (SSSR count). The van der Waals surface area contributed by atoms with E-state index in [1.807, 2.05) is 27.2 Å². The van der Waals surface area contributed by atoms with E-state index >= 15 is 0 Å². The molecule has 0 saturated heterocycles. The number of amides is 1. The maximum Gasteiger partial charge on any atom is 0.472 e. The third-order valence-electron chi connectivity index (χ3n) is 8.92. The van der Waals surface area contributed by atoms with Crippen LogP contribution in [0, 0.1) is 0 Å². The first-order chi connectivity index (χ1) is 23.5. The summed E-state index contributed by atoms with van der Waals surface area (Å²) in [4.78, 5) is 23.0. The van der Waals surface area contributed by atoms with E-state index in [9.17, 15) is 19.4 Å². The van der Waals surface area contributed by atoms with Gasteiger partial charge in [-0.2, -0.15) is 0 Å². The van der Waals surface area contributed by atoms with Crippen LogP contribution in [0.15, 0.2) is 24.3 Å². The Labute approximate surface area is 303 Å². The molecule has 0 aliphatic rings. The van der Waals surface area contributed by atoms with Gasteiger partial charge in [0.15, 0.2) is 0 Å². The molecule has 0 saturated carbocycles. The number of allylic oxidation sites excluding steroid dienone is 3. The first-order valence-electron chi connectivity index (χ1n) is 20.2.